The zero-order valence-electron chi connectivity index (χ0n) is 15.5. The van der Waals surface area contributed by atoms with Crippen molar-refractivity contribution < 1.29 is 19.1 Å². The van der Waals surface area contributed by atoms with E-state index in [2.05, 4.69) is 6.08 Å². The Labute approximate surface area is 163 Å². The summed E-state index contributed by atoms with van der Waals surface area (Å²) in [7, 11) is 1.36. The van der Waals surface area contributed by atoms with Gasteiger partial charge in [-0.2, -0.15) is 0 Å². The van der Waals surface area contributed by atoms with Crippen LogP contribution in [0.25, 0.3) is 0 Å². The summed E-state index contributed by atoms with van der Waals surface area (Å²) in [5.41, 5.74) is 1.55. The van der Waals surface area contributed by atoms with Gasteiger partial charge in [-0.25, -0.2) is 9.59 Å². The van der Waals surface area contributed by atoms with E-state index in [9.17, 15) is 9.59 Å². The molecule has 5 heteroatoms. The summed E-state index contributed by atoms with van der Waals surface area (Å²) in [6.45, 7) is 0.462. The van der Waals surface area contributed by atoms with E-state index < -0.39 is 18.1 Å². The Balaban J connectivity index is 1.68. The molecule has 3 unspecified atom stereocenters. The second-order valence-corrected chi connectivity index (χ2v) is 6.88. The Morgan fingerprint density at radius 1 is 0.964 bits per heavy atom. The first-order valence-corrected chi connectivity index (χ1v) is 9.24. The first-order chi connectivity index (χ1) is 13.7. The Morgan fingerprint density at radius 2 is 1.64 bits per heavy atom. The lowest BCUT2D eigenvalue weighted by molar-refractivity contribution is -0.136. The zero-order valence-corrected chi connectivity index (χ0v) is 15.5. The normalized spacial score (nSPS) is 23.0. The summed E-state index contributed by atoms with van der Waals surface area (Å²) in [6.07, 6.45) is 5.44. The quantitative estimate of drug-likeness (QED) is 0.602. The van der Waals surface area contributed by atoms with Gasteiger partial charge in [0.2, 0.25) is 0 Å². The molecule has 28 heavy (non-hydrogen) atoms. The van der Waals surface area contributed by atoms with E-state index >= 15 is 0 Å². The van der Waals surface area contributed by atoms with E-state index in [1.165, 1.54) is 7.11 Å². The number of carbonyl (C=O) groups excluding carboxylic acids is 2. The van der Waals surface area contributed by atoms with Crippen LogP contribution in [-0.4, -0.2) is 36.7 Å². The number of nitrogens with zero attached hydrogens (tertiary/aromatic N) is 1. The smallest absolute Gasteiger partial charge is 0.416 e. The van der Waals surface area contributed by atoms with Crippen molar-refractivity contribution in [1.29, 1.82) is 0 Å². The standard InChI is InChI=1S/C23H21NO4/c1-27-22(25)20-14-19(16-8-4-2-5-9-16)17-12-13-21(20)24(15-17)23(26)28-18-10-6-3-7-11-18/h2-14,17,19,21H,15H2,1H3. The maximum Gasteiger partial charge on any atom is 0.416 e. The van der Waals surface area contributed by atoms with Gasteiger partial charge in [0.15, 0.2) is 0 Å². The van der Waals surface area contributed by atoms with E-state index in [4.69, 9.17) is 9.47 Å². The average molecular weight is 375 g/mol. The van der Waals surface area contributed by atoms with Crippen LogP contribution >= 0.6 is 0 Å². The number of hydrogen-bond donors (Lipinski definition) is 0. The summed E-state index contributed by atoms with van der Waals surface area (Å²) in [5.74, 6) is 0.0608. The Morgan fingerprint density at radius 3 is 2.32 bits per heavy atom. The van der Waals surface area contributed by atoms with E-state index in [1.807, 2.05) is 60.7 Å². The Kier molecular flexibility index (Phi) is 4.98. The molecular weight excluding hydrogens is 354 g/mol. The average Bonchev–Trinajstić information content (AvgIpc) is 3.03. The molecule has 5 nitrogen and oxygen atoms in total. The fourth-order valence-electron chi connectivity index (χ4n) is 3.84. The van der Waals surface area contributed by atoms with Crippen molar-refractivity contribution in [3.8, 4) is 5.75 Å². The molecule has 1 amide bonds. The molecule has 1 aliphatic carbocycles. The summed E-state index contributed by atoms with van der Waals surface area (Å²) in [5, 5.41) is 0. The van der Waals surface area contributed by atoms with Gasteiger partial charge in [0, 0.05) is 18.4 Å². The number of para-hydroxylation sites is 1. The molecule has 5 rings (SSSR count). The lowest BCUT2D eigenvalue weighted by atomic mass is 9.85. The number of hydrogen-bond acceptors (Lipinski definition) is 4. The number of amides is 1. The van der Waals surface area contributed by atoms with E-state index in [1.54, 1.807) is 17.0 Å². The largest absolute Gasteiger partial charge is 0.466 e. The number of benzene rings is 2. The minimum absolute atomic E-state index is 0.0222. The van der Waals surface area contributed by atoms with Gasteiger partial charge in [0.05, 0.1) is 18.7 Å². The molecule has 0 fully saturated rings. The van der Waals surface area contributed by atoms with Crippen molar-refractivity contribution in [1.82, 2.24) is 4.90 Å². The van der Waals surface area contributed by atoms with Gasteiger partial charge in [-0.3, -0.25) is 4.90 Å². The topological polar surface area (TPSA) is 55.8 Å². The lowest BCUT2D eigenvalue weighted by Gasteiger charge is -2.34. The van der Waals surface area contributed by atoms with Crippen molar-refractivity contribution in [2.45, 2.75) is 12.0 Å². The summed E-state index contributed by atoms with van der Waals surface area (Å²) in [6, 6.07) is 18.4. The van der Waals surface area contributed by atoms with Crippen LogP contribution in [0, 0.1) is 5.92 Å². The van der Waals surface area contributed by atoms with Crippen molar-refractivity contribution in [2.24, 2.45) is 5.92 Å². The molecule has 142 valence electrons. The predicted molar refractivity (Wildman–Crippen MR) is 105 cm³/mol. The van der Waals surface area contributed by atoms with Crippen LogP contribution in [-0.2, 0) is 9.53 Å². The van der Waals surface area contributed by atoms with E-state index in [0.717, 1.165) is 5.56 Å². The van der Waals surface area contributed by atoms with Crippen LogP contribution in [0.15, 0.2) is 84.5 Å². The first-order valence-electron chi connectivity index (χ1n) is 9.24. The predicted octanol–water partition coefficient (Wildman–Crippen LogP) is 3.94. The number of methoxy groups -OCH3 is 1. The molecule has 0 radical (unpaired) electrons. The number of ether oxygens (including phenoxy) is 2. The number of fused-ring (bicyclic) bond motifs is 2. The van der Waals surface area contributed by atoms with Gasteiger partial charge in [-0.1, -0.05) is 66.8 Å². The number of allylic oxidation sites excluding steroid dienone is 1. The highest BCUT2D eigenvalue weighted by Crippen LogP contribution is 2.38. The van der Waals surface area contributed by atoms with Crippen LogP contribution in [0.4, 0.5) is 4.79 Å². The zero-order chi connectivity index (χ0) is 19.5. The fraction of sp³-hybridized carbons (Fsp3) is 0.217. The van der Waals surface area contributed by atoms with Crippen molar-refractivity contribution in [3.63, 3.8) is 0 Å². The summed E-state index contributed by atoms with van der Waals surface area (Å²) < 4.78 is 10.5. The number of carbonyl (C=O) groups is 2. The van der Waals surface area contributed by atoms with Crippen LogP contribution in [0.2, 0.25) is 0 Å². The first kappa shape index (κ1) is 18.0. The monoisotopic (exact) mass is 375 g/mol. The second-order valence-electron chi connectivity index (χ2n) is 6.88. The van der Waals surface area contributed by atoms with Crippen LogP contribution in [0.1, 0.15) is 11.5 Å². The molecule has 3 atom stereocenters. The third-order valence-electron chi connectivity index (χ3n) is 5.21. The van der Waals surface area contributed by atoms with Crippen molar-refractivity contribution in [2.75, 3.05) is 13.7 Å². The molecular formula is C23H21NO4. The summed E-state index contributed by atoms with van der Waals surface area (Å²) in [4.78, 5) is 27.0. The van der Waals surface area contributed by atoms with E-state index in [0.29, 0.717) is 17.9 Å². The van der Waals surface area contributed by atoms with Crippen molar-refractivity contribution >= 4 is 12.1 Å². The van der Waals surface area contributed by atoms with Crippen LogP contribution < -0.4 is 4.74 Å². The third-order valence-corrected chi connectivity index (χ3v) is 5.21. The molecule has 0 N–H and O–H groups in total. The second kappa shape index (κ2) is 7.72. The maximum absolute atomic E-state index is 12.9. The minimum atomic E-state index is -0.506. The molecule has 3 aliphatic rings. The SMILES string of the molecule is COC(=O)C1=CC(c2ccccc2)C2C=CC1N(C(=O)Oc1ccccc1)C2. The minimum Gasteiger partial charge on any atom is -0.466 e. The molecule has 2 bridgehead atoms. The molecule has 0 saturated carbocycles. The Bertz CT molecular complexity index is 920. The lowest BCUT2D eigenvalue weighted by Crippen LogP contribution is -2.47. The van der Waals surface area contributed by atoms with Gasteiger partial charge in [-0.05, 0) is 17.7 Å². The molecule has 2 aromatic carbocycles. The molecule has 0 saturated heterocycles. The van der Waals surface area contributed by atoms with Crippen LogP contribution in [0.3, 0.4) is 0 Å². The third kappa shape index (κ3) is 3.43. The fourth-order valence-corrected chi connectivity index (χ4v) is 3.84. The molecule has 2 aromatic rings. The highest BCUT2D eigenvalue weighted by atomic mass is 16.6. The van der Waals surface area contributed by atoms with Gasteiger partial charge >= 0.3 is 12.1 Å². The summed E-state index contributed by atoms with van der Waals surface area (Å²) >= 11 is 0. The highest BCUT2D eigenvalue weighted by Gasteiger charge is 2.40. The van der Waals surface area contributed by atoms with Gasteiger partial charge in [0.1, 0.15) is 5.75 Å². The van der Waals surface area contributed by atoms with Crippen LogP contribution in [0.5, 0.6) is 5.75 Å². The van der Waals surface area contributed by atoms with Crippen molar-refractivity contribution in [3.05, 3.63) is 90.0 Å². The molecule has 0 spiro atoms. The molecule has 2 aliphatic heterocycles. The maximum atomic E-state index is 12.9. The van der Waals surface area contributed by atoms with Gasteiger partial charge in [0.25, 0.3) is 0 Å². The number of esters is 1. The van der Waals surface area contributed by atoms with Gasteiger partial charge in [-0.15, -0.1) is 0 Å². The molecule has 2 heterocycles. The van der Waals surface area contributed by atoms with Gasteiger partial charge < -0.3 is 9.47 Å². The number of rotatable bonds is 3. The molecule has 0 aromatic heterocycles. The highest BCUT2D eigenvalue weighted by molar-refractivity contribution is 5.92. The Hall–Kier alpha value is -3.34. The van der Waals surface area contributed by atoms with E-state index in [-0.39, 0.29) is 11.8 Å².